The quantitative estimate of drug-likeness (QED) is 0.899. The first kappa shape index (κ1) is 12.0. The molecule has 0 spiro atoms. The normalized spacial score (nSPS) is 19.6. The van der Waals surface area contributed by atoms with Crippen LogP contribution in [0.5, 0.6) is 0 Å². The summed E-state index contributed by atoms with van der Waals surface area (Å²) in [5, 5.41) is 6.52. The van der Waals surface area contributed by atoms with Crippen LogP contribution in [0.4, 0.5) is 0 Å². The Morgan fingerprint density at radius 2 is 2.47 bits per heavy atom. The van der Waals surface area contributed by atoms with Crippen molar-refractivity contribution in [1.29, 1.82) is 0 Å². The zero-order valence-electron chi connectivity index (χ0n) is 10.7. The van der Waals surface area contributed by atoms with Crippen LogP contribution in [-0.2, 0) is 6.54 Å². The minimum Gasteiger partial charge on any atom is -0.338 e. The Balaban J connectivity index is 1.63. The maximum atomic E-state index is 12.3. The van der Waals surface area contributed by atoms with Crippen LogP contribution in [0.2, 0.25) is 0 Å². The van der Waals surface area contributed by atoms with Gasteiger partial charge in [0.2, 0.25) is 0 Å². The lowest BCUT2D eigenvalue weighted by Gasteiger charge is -2.32. The molecule has 6 heteroatoms. The van der Waals surface area contributed by atoms with Gasteiger partial charge in [0.15, 0.2) is 0 Å². The third-order valence-electron chi connectivity index (χ3n) is 3.58. The van der Waals surface area contributed by atoms with E-state index >= 15 is 0 Å². The number of rotatable bonds is 3. The third kappa shape index (κ3) is 2.67. The average Bonchev–Trinajstić information content (AvgIpc) is 3.11. The van der Waals surface area contributed by atoms with Gasteiger partial charge in [-0.3, -0.25) is 9.89 Å². The number of piperidine rings is 1. The van der Waals surface area contributed by atoms with Gasteiger partial charge >= 0.3 is 0 Å². The first-order chi connectivity index (χ1) is 9.33. The van der Waals surface area contributed by atoms with Crippen LogP contribution >= 0.6 is 0 Å². The Labute approximate surface area is 111 Å². The molecule has 0 radical (unpaired) electrons. The zero-order valence-corrected chi connectivity index (χ0v) is 10.7. The van der Waals surface area contributed by atoms with Gasteiger partial charge in [-0.1, -0.05) is 0 Å². The van der Waals surface area contributed by atoms with Crippen molar-refractivity contribution in [3.63, 3.8) is 0 Å². The van der Waals surface area contributed by atoms with Crippen LogP contribution < -0.4 is 0 Å². The highest BCUT2D eigenvalue weighted by Gasteiger charge is 2.25. The number of hydrogen-bond acceptors (Lipinski definition) is 3. The van der Waals surface area contributed by atoms with Crippen molar-refractivity contribution >= 4 is 5.91 Å². The second kappa shape index (κ2) is 5.26. The Morgan fingerprint density at radius 3 is 3.21 bits per heavy atom. The largest absolute Gasteiger partial charge is 0.338 e. The zero-order chi connectivity index (χ0) is 13.1. The fourth-order valence-corrected chi connectivity index (χ4v) is 2.64. The van der Waals surface area contributed by atoms with Crippen molar-refractivity contribution in [3.8, 4) is 0 Å². The molecule has 6 nitrogen and oxygen atoms in total. The van der Waals surface area contributed by atoms with E-state index in [-0.39, 0.29) is 5.91 Å². The van der Waals surface area contributed by atoms with E-state index in [1.807, 2.05) is 17.4 Å². The van der Waals surface area contributed by atoms with Gasteiger partial charge in [-0.15, -0.1) is 0 Å². The predicted octanol–water partition coefficient (Wildman–Crippen LogP) is 1.16. The van der Waals surface area contributed by atoms with Gasteiger partial charge in [-0.2, -0.15) is 5.10 Å². The van der Waals surface area contributed by atoms with Gasteiger partial charge in [0.25, 0.3) is 5.91 Å². The third-order valence-corrected chi connectivity index (χ3v) is 3.58. The minimum atomic E-state index is 0.0732. The summed E-state index contributed by atoms with van der Waals surface area (Å²) in [5.74, 6) is 0.572. The van der Waals surface area contributed by atoms with Gasteiger partial charge in [0.1, 0.15) is 0 Å². The number of carbonyl (C=O) groups is 1. The Bertz CT molecular complexity index is 519. The molecule has 1 aliphatic heterocycles. The number of hydrogen-bond donors (Lipinski definition) is 1. The van der Waals surface area contributed by atoms with Crippen molar-refractivity contribution in [2.45, 2.75) is 19.4 Å². The topological polar surface area (TPSA) is 66.8 Å². The molecule has 3 rings (SSSR count). The molecule has 0 bridgehead atoms. The molecule has 2 aromatic heterocycles. The molecular weight excluding hydrogens is 242 g/mol. The molecule has 0 unspecified atom stereocenters. The molecule has 100 valence electrons. The van der Waals surface area contributed by atoms with Gasteiger partial charge in [-0.05, 0) is 18.8 Å². The molecule has 1 atom stereocenters. The first-order valence-electron chi connectivity index (χ1n) is 6.57. The summed E-state index contributed by atoms with van der Waals surface area (Å²) < 4.78 is 2.08. The van der Waals surface area contributed by atoms with E-state index in [2.05, 4.69) is 19.7 Å². The van der Waals surface area contributed by atoms with Gasteiger partial charge in [0.05, 0.1) is 18.1 Å². The maximum Gasteiger partial charge on any atom is 0.257 e. The number of nitrogens with zero attached hydrogens (tertiary/aromatic N) is 4. The number of likely N-dealkylation sites (tertiary alicyclic amines) is 1. The number of nitrogens with one attached hydrogen (secondary N) is 1. The smallest absolute Gasteiger partial charge is 0.257 e. The number of imidazole rings is 1. The lowest BCUT2D eigenvalue weighted by atomic mass is 9.97. The highest BCUT2D eigenvalue weighted by Crippen LogP contribution is 2.19. The molecule has 0 aromatic carbocycles. The van der Waals surface area contributed by atoms with Crippen LogP contribution in [0.3, 0.4) is 0 Å². The molecule has 1 saturated heterocycles. The van der Waals surface area contributed by atoms with E-state index in [4.69, 9.17) is 0 Å². The predicted molar refractivity (Wildman–Crippen MR) is 69.4 cm³/mol. The average molecular weight is 259 g/mol. The number of aromatic amines is 1. The van der Waals surface area contributed by atoms with Crippen molar-refractivity contribution in [2.75, 3.05) is 13.1 Å². The lowest BCUT2D eigenvalue weighted by molar-refractivity contribution is 0.0662. The summed E-state index contributed by atoms with van der Waals surface area (Å²) in [6.45, 7) is 2.57. The fourth-order valence-electron chi connectivity index (χ4n) is 2.64. The maximum absolute atomic E-state index is 12.3. The molecule has 1 N–H and O–H groups in total. The number of H-pyrrole nitrogens is 1. The second-order valence-corrected chi connectivity index (χ2v) is 5.01. The van der Waals surface area contributed by atoms with Gasteiger partial charge < -0.3 is 9.47 Å². The van der Waals surface area contributed by atoms with E-state index in [1.165, 1.54) is 0 Å². The molecule has 2 aromatic rings. The van der Waals surface area contributed by atoms with Crippen LogP contribution in [0.15, 0.2) is 31.1 Å². The highest BCUT2D eigenvalue weighted by atomic mass is 16.2. The van der Waals surface area contributed by atoms with Gasteiger partial charge in [0, 0.05) is 38.2 Å². The number of carbonyl (C=O) groups excluding carboxylic acids is 1. The molecule has 3 heterocycles. The molecular formula is C13H17N5O. The van der Waals surface area contributed by atoms with E-state index in [0.29, 0.717) is 11.5 Å². The number of amides is 1. The Hall–Kier alpha value is -2.11. The Kier molecular flexibility index (Phi) is 3.31. The lowest BCUT2D eigenvalue weighted by Crippen LogP contribution is -2.40. The fraction of sp³-hybridized carbons (Fsp3) is 0.462. The molecule has 0 saturated carbocycles. The van der Waals surface area contributed by atoms with Crippen molar-refractivity contribution in [2.24, 2.45) is 5.92 Å². The minimum absolute atomic E-state index is 0.0732. The summed E-state index contributed by atoms with van der Waals surface area (Å²) in [7, 11) is 0. The van der Waals surface area contributed by atoms with E-state index in [0.717, 1.165) is 32.5 Å². The SMILES string of the molecule is O=C(c1cn[nH]c1)N1CCC[C@H](Cn2ccnc2)C1. The van der Waals surface area contributed by atoms with Gasteiger partial charge in [-0.25, -0.2) is 4.98 Å². The summed E-state index contributed by atoms with van der Waals surface area (Å²) >= 11 is 0. The molecule has 0 aliphatic carbocycles. The van der Waals surface area contributed by atoms with Crippen molar-refractivity contribution in [1.82, 2.24) is 24.6 Å². The molecule has 1 fully saturated rings. The van der Waals surface area contributed by atoms with E-state index in [9.17, 15) is 4.79 Å². The Morgan fingerprint density at radius 1 is 1.53 bits per heavy atom. The second-order valence-electron chi connectivity index (χ2n) is 5.01. The summed E-state index contributed by atoms with van der Waals surface area (Å²) in [5.41, 5.74) is 0.642. The standard InChI is InChI=1S/C13H17N5O/c19-13(12-6-15-16-7-12)18-4-1-2-11(9-18)8-17-5-3-14-10-17/h3,5-7,10-11H,1-2,4,8-9H2,(H,15,16)/t11-/m1/s1. The molecule has 1 amide bonds. The highest BCUT2D eigenvalue weighted by molar-refractivity contribution is 5.93. The van der Waals surface area contributed by atoms with Crippen molar-refractivity contribution < 1.29 is 4.79 Å². The summed E-state index contributed by atoms with van der Waals surface area (Å²) in [6, 6.07) is 0. The van der Waals surface area contributed by atoms with E-state index < -0.39 is 0 Å². The van der Waals surface area contributed by atoms with Crippen LogP contribution in [0.25, 0.3) is 0 Å². The first-order valence-corrected chi connectivity index (χ1v) is 6.57. The monoisotopic (exact) mass is 259 g/mol. The number of aromatic nitrogens is 4. The molecule has 1 aliphatic rings. The summed E-state index contributed by atoms with van der Waals surface area (Å²) in [6.07, 6.45) is 11.0. The van der Waals surface area contributed by atoms with Crippen LogP contribution in [0, 0.1) is 5.92 Å². The van der Waals surface area contributed by atoms with Crippen molar-refractivity contribution in [3.05, 3.63) is 36.7 Å². The molecule has 19 heavy (non-hydrogen) atoms. The van der Waals surface area contributed by atoms with E-state index in [1.54, 1.807) is 18.6 Å². The van der Waals surface area contributed by atoms with Crippen LogP contribution in [-0.4, -0.2) is 43.6 Å². The van der Waals surface area contributed by atoms with Crippen LogP contribution in [0.1, 0.15) is 23.2 Å². The summed E-state index contributed by atoms with van der Waals surface area (Å²) in [4.78, 5) is 18.2.